The van der Waals surface area contributed by atoms with Gasteiger partial charge in [0.1, 0.15) is 0 Å². The van der Waals surface area contributed by atoms with Crippen molar-refractivity contribution in [3.63, 3.8) is 0 Å². The fourth-order valence-electron chi connectivity index (χ4n) is 3.00. The highest BCUT2D eigenvalue weighted by Gasteiger charge is 1.78. The van der Waals surface area contributed by atoms with Crippen molar-refractivity contribution in [1.82, 2.24) is 0 Å². The van der Waals surface area contributed by atoms with E-state index in [1.165, 1.54) is 154 Å². The van der Waals surface area contributed by atoms with Crippen molar-refractivity contribution in [2.75, 3.05) is 6.54 Å². The minimum atomic E-state index is 0.750. The lowest BCUT2D eigenvalue weighted by atomic mass is 10.2. The summed E-state index contributed by atoms with van der Waals surface area (Å²) < 4.78 is 0. The first-order chi connectivity index (χ1) is 18.9. The zero-order valence-electron chi connectivity index (χ0n) is 31.3. The lowest BCUT2D eigenvalue weighted by Crippen LogP contribution is -1.87. The summed E-state index contributed by atoms with van der Waals surface area (Å²) in [4.78, 5) is 0. The Morgan fingerprint density at radius 2 is 0.256 bits per heavy atom. The van der Waals surface area contributed by atoms with Crippen LogP contribution in [0.15, 0.2) is 0 Å². The summed E-state index contributed by atoms with van der Waals surface area (Å²) in [6.07, 6.45) is 33.2. The fourth-order valence-corrected chi connectivity index (χ4v) is 3.00. The molecule has 0 bridgehead atoms. The molecule has 0 atom stereocenters. The lowest BCUT2D eigenvalue weighted by molar-refractivity contribution is 0.702. The van der Waals surface area contributed by atoms with E-state index < -0.39 is 0 Å². The number of rotatable bonds is 18. The highest BCUT2D eigenvalue weighted by atomic mass is 14.5. The van der Waals surface area contributed by atoms with Crippen LogP contribution in [-0.4, -0.2) is 6.54 Å². The van der Waals surface area contributed by atoms with Crippen molar-refractivity contribution in [1.29, 1.82) is 0 Å². The second-order valence-corrected chi connectivity index (χ2v) is 10.7. The summed E-state index contributed by atoms with van der Waals surface area (Å²) in [5.41, 5.74) is 4.85. The molecule has 39 heavy (non-hydrogen) atoms. The molecule has 1 nitrogen and oxygen atoms in total. The first kappa shape index (κ1) is 55.0. The van der Waals surface area contributed by atoms with Gasteiger partial charge in [0.2, 0.25) is 0 Å². The zero-order valence-corrected chi connectivity index (χ0v) is 31.3. The monoisotopic (exact) mass is 562 g/mol. The van der Waals surface area contributed by atoms with Crippen molar-refractivity contribution < 1.29 is 0 Å². The predicted octanol–water partition coefficient (Wildman–Crippen LogP) is 15.5. The molecule has 0 spiro atoms. The van der Waals surface area contributed by atoms with E-state index in [1.807, 2.05) is 6.92 Å². The molecule has 0 rings (SSSR count). The molecular formula is C38H91N. The minimum absolute atomic E-state index is 0.750. The largest absolute Gasteiger partial charge is 0.331 e. The van der Waals surface area contributed by atoms with Crippen molar-refractivity contribution in [3.8, 4) is 0 Å². The summed E-state index contributed by atoms with van der Waals surface area (Å²) >= 11 is 0. The molecule has 0 aliphatic heterocycles. The molecule has 0 saturated heterocycles. The maximum Gasteiger partial charge on any atom is -0.0106 e. The van der Waals surface area contributed by atoms with Gasteiger partial charge in [0.25, 0.3) is 0 Å². The van der Waals surface area contributed by atoms with Gasteiger partial charge in [-0.15, -0.1) is 0 Å². The van der Waals surface area contributed by atoms with Crippen molar-refractivity contribution in [2.45, 2.75) is 244 Å². The third-order valence-electron chi connectivity index (χ3n) is 5.74. The SMILES string of the molecule is CCCCCC.CCCCCC.CCCCCC.CCCCCC.CCCCCC.CCCCCC.CCN. The Morgan fingerprint density at radius 3 is 0.282 bits per heavy atom. The van der Waals surface area contributed by atoms with E-state index in [-0.39, 0.29) is 0 Å². The summed E-state index contributed by atoms with van der Waals surface area (Å²) in [7, 11) is 0. The average molecular weight is 562 g/mol. The van der Waals surface area contributed by atoms with E-state index in [4.69, 9.17) is 5.73 Å². The third-order valence-corrected chi connectivity index (χ3v) is 5.74. The summed E-state index contributed by atoms with van der Waals surface area (Å²) in [5, 5.41) is 0. The van der Waals surface area contributed by atoms with Crippen LogP contribution < -0.4 is 5.73 Å². The van der Waals surface area contributed by atoms with Gasteiger partial charge in [0, 0.05) is 0 Å². The van der Waals surface area contributed by atoms with Crippen LogP contribution >= 0.6 is 0 Å². The molecule has 0 amide bonds. The summed E-state index contributed by atoms with van der Waals surface area (Å²) in [5.74, 6) is 0. The van der Waals surface area contributed by atoms with Gasteiger partial charge >= 0.3 is 0 Å². The van der Waals surface area contributed by atoms with E-state index in [9.17, 15) is 0 Å². The van der Waals surface area contributed by atoms with E-state index in [1.54, 1.807) is 0 Å². The van der Waals surface area contributed by atoms with Crippen LogP contribution in [-0.2, 0) is 0 Å². The molecule has 0 aromatic heterocycles. The van der Waals surface area contributed by atoms with E-state index in [0.717, 1.165) is 6.54 Å². The quantitative estimate of drug-likeness (QED) is 0.165. The van der Waals surface area contributed by atoms with Gasteiger partial charge in [-0.05, 0) is 6.54 Å². The molecule has 0 heterocycles. The fraction of sp³-hybridized carbons (Fsp3) is 1.00. The molecule has 1 heteroatoms. The van der Waals surface area contributed by atoms with Gasteiger partial charge < -0.3 is 5.73 Å². The highest BCUT2D eigenvalue weighted by molar-refractivity contribution is 4.34. The van der Waals surface area contributed by atoms with Gasteiger partial charge in [0.05, 0.1) is 0 Å². The molecule has 0 radical (unpaired) electrons. The van der Waals surface area contributed by atoms with Crippen LogP contribution in [0.25, 0.3) is 0 Å². The van der Waals surface area contributed by atoms with Crippen molar-refractivity contribution in [3.05, 3.63) is 0 Å². The Bertz CT molecular complexity index is 153. The molecule has 0 unspecified atom stereocenters. The number of hydrogen-bond donors (Lipinski definition) is 1. The summed E-state index contributed by atoms with van der Waals surface area (Å²) in [6, 6.07) is 0. The molecule has 2 N–H and O–H groups in total. The Labute approximate surface area is 256 Å². The van der Waals surface area contributed by atoms with Crippen LogP contribution in [0.5, 0.6) is 0 Å². The van der Waals surface area contributed by atoms with Crippen molar-refractivity contribution >= 4 is 0 Å². The molecule has 0 aliphatic rings. The molecule has 0 aromatic carbocycles. The first-order valence-electron chi connectivity index (χ1n) is 18.6. The van der Waals surface area contributed by atoms with Gasteiger partial charge in [0.15, 0.2) is 0 Å². The maximum absolute atomic E-state index is 4.85. The topological polar surface area (TPSA) is 26.0 Å². The van der Waals surface area contributed by atoms with Crippen LogP contribution in [0.2, 0.25) is 0 Å². The average Bonchev–Trinajstić information content (AvgIpc) is 2.96. The van der Waals surface area contributed by atoms with Gasteiger partial charge in [-0.3, -0.25) is 0 Å². The van der Waals surface area contributed by atoms with Crippen LogP contribution in [0.4, 0.5) is 0 Å². The van der Waals surface area contributed by atoms with Crippen LogP contribution in [0, 0.1) is 0 Å². The van der Waals surface area contributed by atoms with E-state index in [0.29, 0.717) is 0 Å². The Balaban J connectivity index is -0.0000000617. The van der Waals surface area contributed by atoms with Crippen molar-refractivity contribution in [2.24, 2.45) is 5.73 Å². The van der Waals surface area contributed by atoms with Crippen LogP contribution in [0.3, 0.4) is 0 Å². The second kappa shape index (κ2) is 83.2. The smallest absolute Gasteiger partial charge is 0.0106 e. The predicted molar refractivity (Wildman–Crippen MR) is 194 cm³/mol. The maximum atomic E-state index is 4.85. The molecule has 0 aromatic rings. The number of nitrogens with two attached hydrogens (primary N) is 1. The lowest BCUT2D eigenvalue weighted by Gasteiger charge is -1.86. The first-order valence-corrected chi connectivity index (χ1v) is 18.6. The third kappa shape index (κ3) is 152. The summed E-state index contributed by atoms with van der Waals surface area (Å²) in [6.45, 7) is 29.4. The van der Waals surface area contributed by atoms with Crippen LogP contribution in [0.1, 0.15) is 244 Å². The normalized spacial score (nSPS) is 8.77. The zero-order chi connectivity index (χ0) is 31.7. The Morgan fingerprint density at radius 1 is 0.205 bits per heavy atom. The number of hydrogen-bond acceptors (Lipinski definition) is 1. The van der Waals surface area contributed by atoms with E-state index in [2.05, 4.69) is 83.1 Å². The minimum Gasteiger partial charge on any atom is -0.331 e. The molecule has 248 valence electrons. The standard InChI is InChI=1S/6C6H14.C2H7N/c6*1-3-5-6-4-2;1-2-3/h6*3-6H2,1-2H3;2-3H2,1H3. The Kier molecular flexibility index (Phi) is 117. The van der Waals surface area contributed by atoms with Gasteiger partial charge in [-0.1, -0.05) is 244 Å². The molecular weight excluding hydrogens is 470 g/mol. The Hall–Kier alpha value is -0.0400. The van der Waals surface area contributed by atoms with Gasteiger partial charge in [-0.25, -0.2) is 0 Å². The second-order valence-electron chi connectivity index (χ2n) is 10.7. The molecule has 0 saturated carbocycles. The molecule has 0 fully saturated rings. The van der Waals surface area contributed by atoms with E-state index >= 15 is 0 Å². The number of unbranched alkanes of at least 4 members (excludes halogenated alkanes) is 18. The highest BCUT2D eigenvalue weighted by Crippen LogP contribution is 1.98. The molecule has 0 aliphatic carbocycles. The van der Waals surface area contributed by atoms with Gasteiger partial charge in [-0.2, -0.15) is 0 Å².